The van der Waals surface area contributed by atoms with Crippen LogP contribution in [0.2, 0.25) is 5.02 Å². The quantitative estimate of drug-likeness (QED) is 0.239. The number of halogens is 1. The highest BCUT2D eigenvalue weighted by Gasteiger charge is 2.47. The summed E-state index contributed by atoms with van der Waals surface area (Å²) in [6, 6.07) is 16.5. The molecule has 5 aromatic rings. The van der Waals surface area contributed by atoms with Crippen LogP contribution in [0.3, 0.4) is 0 Å². The molecule has 0 unspecified atom stereocenters. The third-order valence-electron chi connectivity index (χ3n) is 10.8. The number of anilines is 1. The Morgan fingerprint density at radius 3 is 2.70 bits per heavy atom. The number of methoxy groups -OCH3 is 1. The topological polar surface area (TPSA) is 107 Å². The Labute approximate surface area is 271 Å². The number of likely N-dealkylation sites (tertiary alicyclic amines) is 1. The van der Waals surface area contributed by atoms with E-state index < -0.39 is 0 Å². The van der Waals surface area contributed by atoms with Crippen molar-refractivity contribution < 1.29 is 14.3 Å². The minimum absolute atomic E-state index is 0.00390. The van der Waals surface area contributed by atoms with E-state index in [9.17, 15) is 9.59 Å². The Hall–Kier alpha value is -4.34. The van der Waals surface area contributed by atoms with Gasteiger partial charge in [-0.2, -0.15) is 0 Å². The van der Waals surface area contributed by atoms with Gasteiger partial charge in [0.15, 0.2) is 5.82 Å². The molecule has 4 heterocycles. The molecular weight excluding hydrogens is 600 g/mol. The van der Waals surface area contributed by atoms with Gasteiger partial charge in [-0.1, -0.05) is 29.8 Å². The number of aryl methyl sites for hydroxylation is 1. The summed E-state index contributed by atoms with van der Waals surface area (Å²) in [6.45, 7) is 1.61. The number of imidazole rings is 1. The van der Waals surface area contributed by atoms with E-state index in [-0.39, 0.29) is 23.9 Å². The molecule has 2 aliphatic heterocycles. The van der Waals surface area contributed by atoms with Crippen LogP contribution in [-0.2, 0) is 24.8 Å². The number of rotatable bonds is 6. The molecule has 2 aliphatic carbocycles. The Bertz CT molecular complexity index is 2130. The first-order chi connectivity index (χ1) is 22.3. The average Bonchev–Trinajstić information content (AvgIpc) is 3.28. The number of aromatic nitrogens is 3. The van der Waals surface area contributed by atoms with E-state index in [2.05, 4.69) is 38.7 Å². The molecule has 3 atom stereocenters. The fraction of sp³-hybridized carbons (Fsp3) is 0.361. The molecule has 2 amide bonds. The van der Waals surface area contributed by atoms with E-state index in [0.717, 1.165) is 75.2 Å². The lowest BCUT2D eigenvalue weighted by Gasteiger charge is -2.27. The van der Waals surface area contributed by atoms with Crippen LogP contribution < -0.4 is 15.8 Å². The predicted octanol–water partition coefficient (Wildman–Crippen LogP) is 5.99. The third-order valence-corrected chi connectivity index (χ3v) is 11.2. The smallest absolute Gasteiger partial charge is 0.254 e. The van der Waals surface area contributed by atoms with Gasteiger partial charge in [0.2, 0.25) is 5.91 Å². The molecule has 2 saturated carbocycles. The first kappa shape index (κ1) is 27.9. The van der Waals surface area contributed by atoms with Gasteiger partial charge in [0.1, 0.15) is 11.3 Å². The number of piperidine rings is 1. The van der Waals surface area contributed by atoms with Crippen LogP contribution >= 0.6 is 11.6 Å². The van der Waals surface area contributed by atoms with Gasteiger partial charge in [-0.15, -0.1) is 0 Å². The van der Waals surface area contributed by atoms with E-state index >= 15 is 0 Å². The first-order valence-corrected chi connectivity index (χ1v) is 16.5. The summed E-state index contributed by atoms with van der Waals surface area (Å²) in [5.41, 5.74) is 14.3. The third kappa shape index (κ3) is 4.14. The fourth-order valence-electron chi connectivity index (χ4n) is 8.12. The predicted molar refractivity (Wildman–Crippen MR) is 179 cm³/mol. The van der Waals surface area contributed by atoms with E-state index in [0.29, 0.717) is 41.1 Å². The number of hydrogen-bond donors (Lipinski definition) is 2. The Morgan fingerprint density at radius 1 is 1.11 bits per heavy atom. The van der Waals surface area contributed by atoms with Gasteiger partial charge in [0, 0.05) is 65.5 Å². The number of carbonyl (C=O) groups is 2. The van der Waals surface area contributed by atoms with Crippen molar-refractivity contribution >= 4 is 51.0 Å². The lowest BCUT2D eigenvalue weighted by molar-refractivity contribution is -0.115. The summed E-state index contributed by atoms with van der Waals surface area (Å²) in [6.07, 6.45) is 4.77. The monoisotopic (exact) mass is 634 g/mol. The molecule has 2 aromatic heterocycles. The number of nitrogens with two attached hydrogens (primary N) is 1. The molecule has 1 saturated heterocycles. The maximum Gasteiger partial charge on any atom is 0.254 e. The molecule has 2 bridgehead atoms. The summed E-state index contributed by atoms with van der Waals surface area (Å²) in [7, 11) is 3.66. The lowest BCUT2D eigenvalue weighted by Crippen LogP contribution is -2.41. The number of carbonyl (C=O) groups excluding carboxylic acids is 2. The van der Waals surface area contributed by atoms with E-state index in [1.807, 2.05) is 36.2 Å². The molecule has 46 heavy (non-hydrogen) atoms. The second-order valence-corrected chi connectivity index (χ2v) is 13.9. The van der Waals surface area contributed by atoms with Crippen molar-refractivity contribution in [1.29, 1.82) is 0 Å². The van der Waals surface area contributed by atoms with Gasteiger partial charge in [0.25, 0.3) is 5.91 Å². The van der Waals surface area contributed by atoms with Gasteiger partial charge in [-0.3, -0.25) is 9.59 Å². The van der Waals surface area contributed by atoms with Crippen molar-refractivity contribution in [2.45, 2.75) is 50.7 Å². The van der Waals surface area contributed by atoms with Crippen LogP contribution in [0.25, 0.3) is 44.6 Å². The van der Waals surface area contributed by atoms with Crippen molar-refractivity contribution in [2.24, 2.45) is 24.6 Å². The number of nitrogens with zero attached hydrogens (tertiary/aromatic N) is 4. The van der Waals surface area contributed by atoms with Crippen LogP contribution in [0, 0.1) is 11.8 Å². The normalized spacial score (nSPS) is 21.9. The van der Waals surface area contributed by atoms with E-state index in [4.69, 9.17) is 27.1 Å². The zero-order valence-electron chi connectivity index (χ0n) is 25.8. The van der Waals surface area contributed by atoms with Gasteiger partial charge in [0.05, 0.1) is 29.8 Å². The van der Waals surface area contributed by atoms with Crippen molar-refractivity contribution in [3.63, 3.8) is 0 Å². The SMILES string of the molecule is COc1cc(C(=O)N2C[C@H]3CC[C@@H]2[C@@H]3N)cc2nc(-c3cc4ccc(-c5ccc6c(c5Cl)CC(=O)N6)cc4n3CC3CC3)n(C)c12. The molecule has 3 N–H and O–H groups in total. The van der Waals surface area contributed by atoms with Gasteiger partial charge in [-0.05, 0) is 73.4 Å². The molecule has 234 valence electrons. The van der Waals surface area contributed by atoms with Crippen LogP contribution in [0.5, 0.6) is 5.75 Å². The van der Waals surface area contributed by atoms with Gasteiger partial charge in [-0.25, -0.2) is 4.98 Å². The minimum atomic E-state index is -0.0322. The van der Waals surface area contributed by atoms with Gasteiger partial charge >= 0.3 is 0 Å². The maximum atomic E-state index is 13.8. The number of benzene rings is 3. The van der Waals surface area contributed by atoms with Crippen molar-refractivity contribution in [1.82, 2.24) is 19.0 Å². The molecule has 3 fully saturated rings. The molecule has 9 nitrogen and oxygen atoms in total. The fourth-order valence-corrected chi connectivity index (χ4v) is 8.46. The van der Waals surface area contributed by atoms with E-state index in [1.165, 1.54) is 12.8 Å². The molecular formula is C36H35ClN6O3. The minimum Gasteiger partial charge on any atom is -0.494 e. The highest BCUT2D eigenvalue weighted by atomic mass is 35.5. The molecule has 9 rings (SSSR count). The standard InChI is InChI=1S/C36H35ClN6O3/c1-41-34-26(11-22(14-30(34)46-2)36(45)43-17-21-7-10-27(43)33(21)38)40-35(41)29-13-20-6-5-19(12-28(20)42(29)16-18-3-4-18)23-8-9-25-24(32(23)37)15-31(44)39-25/h5-6,8-9,11-14,18,21,27,33H,3-4,7,10,15-17,38H2,1-2H3,(H,39,44)/t21-,27-,33-/m1/s1. The zero-order valence-corrected chi connectivity index (χ0v) is 26.6. The second-order valence-electron chi connectivity index (χ2n) is 13.5. The highest BCUT2D eigenvalue weighted by Crippen LogP contribution is 2.42. The number of amides is 2. The Kier molecular flexibility index (Phi) is 6.12. The average molecular weight is 635 g/mol. The first-order valence-electron chi connectivity index (χ1n) is 16.2. The number of ether oxygens (including phenoxy) is 1. The Morgan fingerprint density at radius 2 is 1.96 bits per heavy atom. The number of fused-ring (bicyclic) bond motifs is 5. The molecule has 4 aliphatic rings. The maximum absolute atomic E-state index is 13.8. The molecule has 0 radical (unpaired) electrons. The zero-order chi connectivity index (χ0) is 31.4. The lowest BCUT2D eigenvalue weighted by atomic mass is 10.0. The summed E-state index contributed by atoms with van der Waals surface area (Å²) < 4.78 is 10.3. The summed E-state index contributed by atoms with van der Waals surface area (Å²) in [4.78, 5) is 32.9. The van der Waals surface area contributed by atoms with Crippen LogP contribution in [-0.4, -0.2) is 56.6 Å². The van der Waals surface area contributed by atoms with Crippen LogP contribution in [0.4, 0.5) is 5.69 Å². The van der Waals surface area contributed by atoms with Crippen molar-refractivity contribution in [3.05, 3.63) is 64.7 Å². The largest absolute Gasteiger partial charge is 0.494 e. The summed E-state index contributed by atoms with van der Waals surface area (Å²) >= 11 is 6.88. The van der Waals surface area contributed by atoms with Crippen LogP contribution in [0.15, 0.2) is 48.5 Å². The van der Waals surface area contributed by atoms with E-state index in [1.54, 1.807) is 7.11 Å². The number of hydrogen-bond acceptors (Lipinski definition) is 5. The van der Waals surface area contributed by atoms with Crippen LogP contribution in [0.1, 0.15) is 41.6 Å². The van der Waals surface area contributed by atoms with Crippen molar-refractivity contribution in [2.75, 3.05) is 19.0 Å². The molecule has 3 aromatic carbocycles. The number of nitrogens with one attached hydrogen (secondary N) is 1. The van der Waals surface area contributed by atoms with Gasteiger partial charge < -0.3 is 29.8 Å². The highest BCUT2D eigenvalue weighted by molar-refractivity contribution is 6.35. The molecule has 0 spiro atoms. The van der Waals surface area contributed by atoms with Crippen molar-refractivity contribution in [3.8, 4) is 28.4 Å². The summed E-state index contributed by atoms with van der Waals surface area (Å²) in [5, 5.41) is 4.62. The second kappa shape index (κ2) is 10.1. The Balaban J connectivity index is 1.15. The molecule has 10 heteroatoms. The summed E-state index contributed by atoms with van der Waals surface area (Å²) in [5.74, 6) is 2.41.